The predicted molar refractivity (Wildman–Crippen MR) is 120 cm³/mol. The molecule has 2 heterocycles. The van der Waals surface area contributed by atoms with Crippen LogP contribution < -0.4 is 16.0 Å². The summed E-state index contributed by atoms with van der Waals surface area (Å²) in [6.07, 6.45) is 0.605. The van der Waals surface area contributed by atoms with E-state index < -0.39 is 12.0 Å². The zero-order valence-corrected chi connectivity index (χ0v) is 18.7. The fourth-order valence-electron chi connectivity index (χ4n) is 3.53. The molecule has 3 rings (SSSR count). The average Bonchev–Trinajstić information content (AvgIpc) is 2.99. The van der Waals surface area contributed by atoms with Gasteiger partial charge in [0.15, 0.2) is 0 Å². The lowest BCUT2D eigenvalue weighted by molar-refractivity contribution is -0.122. The van der Waals surface area contributed by atoms with Gasteiger partial charge in [-0.1, -0.05) is 6.92 Å². The van der Waals surface area contributed by atoms with Crippen molar-refractivity contribution in [3.8, 4) is 0 Å². The fraction of sp³-hybridized carbons (Fsp3) is 0.409. The van der Waals surface area contributed by atoms with Gasteiger partial charge in [-0.2, -0.15) is 0 Å². The molecule has 8 heteroatoms. The van der Waals surface area contributed by atoms with Gasteiger partial charge in [0.2, 0.25) is 11.8 Å². The Morgan fingerprint density at radius 3 is 2.43 bits per heavy atom. The molecule has 2 aromatic rings. The molecular formula is C22H27N3O4S. The second-order valence-electron chi connectivity index (χ2n) is 7.34. The highest BCUT2D eigenvalue weighted by molar-refractivity contribution is 7.16. The first kappa shape index (κ1) is 21.8. The third-order valence-electron chi connectivity index (χ3n) is 5.22. The Labute approximate surface area is 180 Å². The first-order valence-corrected chi connectivity index (χ1v) is 10.8. The van der Waals surface area contributed by atoms with Crippen molar-refractivity contribution in [1.82, 2.24) is 0 Å². The molecule has 0 spiro atoms. The maximum absolute atomic E-state index is 12.7. The minimum Gasteiger partial charge on any atom is -0.462 e. The van der Waals surface area contributed by atoms with Crippen molar-refractivity contribution in [2.75, 3.05) is 22.6 Å². The molecule has 0 bridgehead atoms. The Hall–Kier alpha value is -2.87. The van der Waals surface area contributed by atoms with Gasteiger partial charge in [-0.25, -0.2) is 4.79 Å². The topological polar surface area (TPSA) is 96.5 Å². The number of benzene rings is 1. The predicted octanol–water partition coefficient (Wildman–Crippen LogP) is 4.17. The van der Waals surface area contributed by atoms with Gasteiger partial charge < -0.3 is 20.7 Å². The standard InChI is InChI=1S/C22H27N3O4S/c1-6-14-13(5)30-21(19(14)22(28)29-7-2)25-18(26)10-17-20(27)24-16-9-12(4)11(3)8-15(16)23-17/h8-9,17,23H,6-7,10H2,1-5H3,(H,24,27)(H,25,26)/t17-/m0/s1. The van der Waals surface area contributed by atoms with E-state index >= 15 is 0 Å². The second kappa shape index (κ2) is 8.87. The van der Waals surface area contributed by atoms with E-state index in [-0.39, 0.29) is 24.8 Å². The molecule has 2 amide bonds. The summed E-state index contributed by atoms with van der Waals surface area (Å²) in [6.45, 7) is 9.86. The number of carbonyl (C=O) groups excluding carboxylic acids is 3. The molecule has 1 aliphatic heterocycles. The molecule has 0 unspecified atom stereocenters. The molecule has 30 heavy (non-hydrogen) atoms. The van der Waals surface area contributed by atoms with E-state index in [2.05, 4.69) is 16.0 Å². The van der Waals surface area contributed by atoms with Crippen LogP contribution >= 0.6 is 11.3 Å². The Morgan fingerprint density at radius 1 is 1.13 bits per heavy atom. The minimum absolute atomic E-state index is 0.0567. The minimum atomic E-state index is -0.697. The van der Waals surface area contributed by atoms with Crippen LogP contribution in [-0.2, 0) is 20.7 Å². The zero-order valence-electron chi connectivity index (χ0n) is 17.9. The van der Waals surface area contributed by atoms with Gasteiger partial charge in [-0.15, -0.1) is 11.3 Å². The van der Waals surface area contributed by atoms with E-state index in [1.54, 1.807) is 6.92 Å². The number of aryl methyl sites for hydroxylation is 3. The van der Waals surface area contributed by atoms with Crippen LogP contribution in [0.4, 0.5) is 16.4 Å². The number of anilines is 3. The third kappa shape index (κ3) is 4.33. The van der Waals surface area contributed by atoms with Crippen molar-refractivity contribution in [3.63, 3.8) is 0 Å². The molecular weight excluding hydrogens is 402 g/mol. The van der Waals surface area contributed by atoms with E-state index in [9.17, 15) is 14.4 Å². The van der Waals surface area contributed by atoms with Crippen LogP contribution in [0.1, 0.15) is 52.2 Å². The molecule has 3 N–H and O–H groups in total. The van der Waals surface area contributed by atoms with Crippen molar-refractivity contribution in [2.45, 2.75) is 53.5 Å². The van der Waals surface area contributed by atoms with Crippen LogP contribution in [0.3, 0.4) is 0 Å². The summed E-state index contributed by atoms with van der Waals surface area (Å²) in [5.74, 6) is -1.05. The van der Waals surface area contributed by atoms with Crippen molar-refractivity contribution >= 4 is 45.5 Å². The van der Waals surface area contributed by atoms with E-state index in [0.717, 1.165) is 27.3 Å². The van der Waals surface area contributed by atoms with Gasteiger partial charge in [-0.05, 0) is 62.9 Å². The number of carbonyl (C=O) groups is 3. The number of thiophene rings is 1. The fourth-order valence-corrected chi connectivity index (χ4v) is 4.68. The molecule has 0 aliphatic carbocycles. The van der Waals surface area contributed by atoms with Crippen LogP contribution in [0.15, 0.2) is 12.1 Å². The molecule has 160 valence electrons. The van der Waals surface area contributed by atoms with Gasteiger partial charge in [0.05, 0.1) is 30.0 Å². The third-order valence-corrected chi connectivity index (χ3v) is 6.29. The smallest absolute Gasteiger partial charge is 0.341 e. The summed E-state index contributed by atoms with van der Waals surface area (Å²) in [5.41, 5.74) is 4.97. The lowest BCUT2D eigenvalue weighted by Gasteiger charge is -2.27. The molecule has 1 aromatic carbocycles. The van der Waals surface area contributed by atoms with Gasteiger partial charge >= 0.3 is 5.97 Å². The summed E-state index contributed by atoms with van der Waals surface area (Å²) in [7, 11) is 0. The maximum Gasteiger partial charge on any atom is 0.341 e. The van der Waals surface area contributed by atoms with Crippen molar-refractivity contribution < 1.29 is 19.1 Å². The monoisotopic (exact) mass is 429 g/mol. The maximum atomic E-state index is 12.7. The number of nitrogens with one attached hydrogen (secondary N) is 3. The number of ether oxygens (including phenoxy) is 1. The van der Waals surface area contributed by atoms with Crippen LogP contribution in [0, 0.1) is 20.8 Å². The molecule has 0 saturated heterocycles. The zero-order chi connectivity index (χ0) is 22.0. The molecule has 0 radical (unpaired) electrons. The highest BCUT2D eigenvalue weighted by Gasteiger charge is 2.29. The number of hydrogen-bond donors (Lipinski definition) is 3. The van der Waals surface area contributed by atoms with Gasteiger partial charge in [0, 0.05) is 4.88 Å². The van der Waals surface area contributed by atoms with Crippen molar-refractivity contribution in [2.24, 2.45) is 0 Å². The molecule has 1 aliphatic rings. The summed E-state index contributed by atoms with van der Waals surface area (Å²) >= 11 is 1.35. The first-order chi connectivity index (χ1) is 14.2. The van der Waals surface area contributed by atoms with Crippen molar-refractivity contribution in [3.05, 3.63) is 39.3 Å². The van der Waals surface area contributed by atoms with E-state index in [4.69, 9.17) is 4.74 Å². The number of rotatable bonds is 6. The number of fused-ring (bicyclic) bond motifs is 1. The molecule has 0 saturated carbocycles. The Bertz CT molecular complexity index is 1010. The quantitative estimate of drug-likeness (QED) is 0.599. The second-order valence-corrected chi connectivity index (χ2v) is 8.56. The molecule has 0 fully saturated rings. The lowest BCUT2D eigenvalue weighted by atomic mass is 10.0. The molecule has 1 aromatic heterocycles. The summed E-state index contributed by atoms with van der Waals surface area (Å²) in [4.78, 5) is 38.6. The van der Waals surface area contributed by atoms with Crippen LogP contribution in [0.25, 0.3) is 0 Å². The molecule has 7 nitrogen and oxygen atoms in total. The summed E-state index contributed by atoms with van der Waals surface area (Å²) in [5, 5.41) is 9.30. The normalized spacial score (nSPS) is 15.1. The molecule has 1 atom stereocenters. The van der Waals surface area contributed by atoms with E-state index in [1.807, 2.05) is 39.8 Å². The van der Waals surface area contributed by atoms with Gasteiger partial charge in [0.25, 0.3) is 0 Å². The Morgan fingerprint density at radius 2 is 1.80 bits per heavy atom. The average molecular weight is 430 g/mol. The number of esters is 1. The lowest BCUT2D eigenvalue weighted by Crippen LogP contribution is -2.41. The Balaban J connectivity index is 1.77. The van der Waals surface area contributed by atoms with E-state index in [0.29, 0.717) is 22.7 Å². The van der Waals surface area contributed by atoms with Crippen LogP contribution in [0.2, 0.25) is 0 Å². The Kier molecular flexibility index (Phi) is 6.45. The van der Waals surface area contributed by atoms with Crippen molar-refractivity contribution in [1.29, 1.82) is 0 Å². The van der Waals surface area contributed by atoms with Gasteiger partial charge in [-0.3, -0.25) is 9.59 Å². The number of hydrogen-bond acceptors (Lipinski definition) is 6. The first-order valence-electron chi connectivity index (χ1n) is 10.0. The highest BCUT2D eigenvalue weighted by atomic mass is 32.1. The van der Waals surface area contributed by atoms with E-state index in [1.165, 1.54) is 11.3 Å². The largest absolute Gasteiger partial charge is 0.462 e. The summed E-state index contributed by atoms with van der Waals surface area (Å²) < 4.78 is 5.17. The summed E-state index contributed by atoms with van der Waals surface area (Å²) in [6, 6.07) is 3.18. The number of amides is 2. The van der Waals surface area contributed by atoms with Gasteiger partial charge in [0.1, 0.15) is 11.0 Å². The highest BCUT2D eigenvalue weighted by Crippen LogP contribution is 2.35. The van der Waals surface area contributed by atoms with Crippen LogP contribution in [0.5, 0.6) is 0 Å². The SMILES string of the molecule is CCOC(=O)c1c(NC(=O)C[C@@H]2Nc3cc(C)c(C)cc3NC2=O)sc(C)c1CC. The van der Waals surface area contributed by atoms with Crippen LogP contribution in [-0.4, -0.2) is 30.4 Å².